The van der Waals surface area contributed by atoms with Crippen molar-refractivity contribution in [2.45, 2.75) is 19.8 Å². The van der Waals surface area contributed by atoms with Gasteiger partial charge in [0, 0.05) is 11.8 Å². The molecule has 0 fully saturated rings. The van der Waals surface area contributed by atoms with E-state index >= 15 is 0 Å². The molecule has 2 heterocycles. The van der Waals surface area contributed by atoms with Crippen LogP contribution in [0.15, 0.2) is 22.9 Å². The molecule has 0 spiro atoms. The Morgan fingerprint density at radius 2 is 2.25 bits per heavy atom. The lowest BCUT2D eigenvalue weighted by atomic mass is 10.0. The first-order chi connectivity index (χ1) is 9.63. The number of carbonyl (C=O) groups excluding carboxylic acids is 1. The molecule has 3 rings (SSSR count). The van der Waals surface area contributed by atoms with E-state index in [4.69, 9.17) is 10.3 Å². The smallest absolute Gasteiger partial charge is 0.290 e. The van der Waals surface area contributed by atoms with Crippen LogP contribution in [0.3, 0.4) is 0 Å². The fourth-order valence-electron chi connectivity index (χ4n) is 2.16. The van der Waals surface area contributed by atoms with Crippen molar-refractivity contribution in [1.29, 1.82) is 0 Å². The second kappa shape index (κ2) is 4.76. The minimum Gasteiger partial charge on any atom is -0.363 e. The molecule has 2 aromatic heterocycles. The Morgan fingerprint density at radius 1 is 1.40 bits per heavy atom. The molecule has 3 N–H and O–H groups in total. The number of benzene rings is 1. The normalized spacial score (nSPS) is 11.1. The number of fused-ring (bicyclic) bond motifs is 1. The van der Waals surface area contributed by atoms with Gasteiger partial charge in [-0.25, -0.2) is 0 Å². The van der Waals surface area contributed by atoms with Crippen molar-refractivity contribution >= 4 is 16.8 Å². The summed E-state index contributed by atoms with van der Waals surface area (Å²) in [6.07, 6.45) is 3.09. The van der Waals surface area contributed by atoms with Gasteiger partial charge in [-0.05, 0) is 30.5 Å². The maximum absolute atomic E-state index is 10.9. The molecule has 0 atom stereocenters. The molecule has 102 valence electrons. The molecule has 3 aromatic rings. The maximum Gasteiger partial charge on any atom is 0.290 e. The van der Waals surface area contributed by atoms with Crippen LogP contribution in [0.25, 0.3) is 10.9 Å². The zero-order valence-corrected chi connectivity index (χ0v) is 10.9. The van der Waals surface area contributed by atoms with Crippen molar-refractivity contribution in [3.05, 3.63) is 41.2 Å². The molecule has 0 saturated carbocycles. The van der Waals surface area contributed by atoms with Crippen molar-refractivity contribution in [3.8, 4) is 0 Å². The van der Waals surface area contributed by atoms with Crippen LogP contribution < -0.4 is 5.73 Å². The predicted octanol–water partition coefficient (Wildman–Crippen LogP) is 1.14. The van der Waals surface area contributed by atoms with Gasteiger partial charge in [-0.3, -0.25) is 9.89 Å². The Kier molecular flexibility index (Phi) is 2.94. The number of primary amides is 1. The summed E-state index contributed by atoms with van der Waals surface area (Å²) in [6.45, 7) is 2.03. The van der Waals surface area contributed by atoms with Crippen LogP contribution >= 0.6 is 0 Å². The van der Waals surface area contributed by atoms with Gasteiger partial charge in [0.1, 0.15) is 0 Å². The van der Waals surface area contributed by atoms with Crippen molar-refractivity contribution < 1.29 is 9.32 Å². The predicted molar refractivity (Wildman–Crippen MR) is 71.1 cm³/mol. The second-order valence-electron chi connectivity index (χ2n) is 4.62. The Bertz CT molecular complexity index is 774. The Morgan fingerprint density at radius 3 is 3.00 bits per heavy atom. The molecule has 0 aliphatic carbocycles. The van der Waals surface area contributed by atoms with Gasteiger partial charge >= 0.3 is 0 Å². The summed E-state index contributed by atoms with van der Waals surface area (Å²) >= 11 is 0. The third-order valence-corrected chi connectivity index (χ3v) is 3.12. The van der Waals surface area contributed by atoms with Crippen LogP contribution in [-0.4, -0.2) is 26.2 Å². The summed E-state index contributed by atoms with van der Waals surface area (Å²) in [6, 6.07) is 4.16. The van der Waals surface area contributed by atoms with Crippen molar-refractivity contribution in [1.82, 2.24) is 20.3 Å². The minimum absolute atomic E-state index is 0.0820. The number of carbonyl (C=O) groups is 1. The lowest BCUT2D eigenvalue weighted by Crippen LogP contribution is -2.12. The summed E-state index contributed by atoms with van der Waals surface area (Å²) < 4.78 is 4.97. The summed E-state index contributed by atoms with van der Waals surface area (Å²) in [5, 5.41) is 11.6. The summed E-state index contributed by atoms with van der Waals surface area (Å²) in [5.41, 5.74) is 8.40. The highest BCUT2D eigenvalue weighted by molar-refractivity contribution is 5.88. The average molecular weight is 271 g/mol. The minimum atomic E-state index is -0.685. The molecule has 20 heavy (non-hydrogen) atoms. The first-order valence-electron chi connectivity index (χ1n) is 6.18. The molecule has 1 amide bonds. The monoisotopic (exact) mass is 271 g/mol. The molecule has 7 nitrogen and oxygen atoms in total. The number of rotatable bonds is 4. The number of aromatic amines is 1. The van der Waals surface area contributed by atoms with E-state index in [-0.39, 0.29) is 5.82 Å². The highest BCUT2D eigenvalue weighted by atomic mass is 16.5. The first kappa shape index (κ1) is 12.3. The number of aromatic nitrogens is 4. The Hall–Kier alpha value is -2.70. The largest absolute Gasteiger partial charge is 0.363 e. The van der Waals surface area contributed by atoms with Crippen molar-refractivity contribution in [2.24, 2.45) is 5.73 Å². The van der Waals surface area contributed by atoms with E-state index in [2.05, 4.69) is 32.5 Å². The van der Waals surface area contributed by atoms with Crippen molar-refractivity contribution in [2.75, 3.05) is 0 Å². The molecule has 7 heteroatoms. The molecule has 0 aliphatic rings. The number of hydrogen-bond acceptors (Lipinski definition) is 5. The highest BCUT2D eigenvalue weighted by Crippen LogP contribution is 2.19. The van der Waals surface area contributed by atoms with E-state index in [1.54, 1.807) is 6.20 Å². The Balaban J connectivity index is 1.77. The zero-order chi connectivity index (χ0) is 14.1. The van der Waals surface area contributed by atoms with Gasteiger partial charge < -0.3 is 10.3 Å². The number of nitrogens with zero attached hydrogens (tertiary/aromatic N) is 3. The maximum atomic E-state index is 10.9. The third kappa shape index (κ3) is 2.25. The fourth-order valence-corrected chi connectivity index (χ4v) is 2.16. The van der Waals surface area contributed by atoms with Crippen LogP contribution in [0.5, 0.6) is 0 Å². The van der Waals surface area contributed by atoms with E-state index < -0.39 is 5.91 Å². The zero-order valence-electron chi connectivity index (χ0n) is 10.9. The molecular weight excluding hydrogens is 258 g/mol. The lowest BCUT2D eigenvalue weighted by molar-refractivity contribution is 0.0987. The van der Waals surface area contributed by atoms with E-state index in [0.29, 0.717) is 12.3 Å². The fraction of sp³-hybridized carbons (Fsp3) is 0.231. The summed E-state index contributed by atoms with van der Waals surface area (Å²) in [4.78, 5) is 14.8. The number of hydrogen-bond donors (Lipinski definition) is 2. The number of nitrogens with one attached hydrogen (secondary N) is 1. The van der Waals surface area contributed by atoms with Gasteiger partial charge in [0.25, 0.3) is 11.7 Å². The van der Waals surface area contributed by atoms with Gasteiger partial charge in [0.05, 0.1) is 11.7 Å². The van der Waals surface area contributed by atoms with Crippen LogP contribution in [-0.2, 0) is 12.8 Å². The number of aryl methyl sites for hydroxylation is 3. The van der Waals surface area contributed by atoms with E-state index in [1.165, 1.54) is 0 Å². The third-order valence-electron chi connectivity index (χ3n) is 3.12. The van der Waals surface area contributed by atoms with Crippen LogP contribution in [0, 0.1) is 6.92 Å². The average Bonchev–Trinajstić information content (AvgIpc) is 3.05. The van der Waals surface area contributed by atoms with Gasteiger partial charge in [-0.2, -0.15) is 10.1 Å². The van der Waals surface area contributed by atoms with Gasteiger partial charge in [0.15, 0.2) is 0 Å². The van der Waals surface area contributed by atoms with Crippen LogP contribution in [0.2, 0.25) is 0 Å². The summed E-state index contributed by atoms with van der Waals surface area (Å²) in [5.74, 6) is -0.360. The topological polar surface area (TPSA) is 111 Å². The lowest BCUT2D eigenvalue weighted by Gasteiger charge is -2.02. The number of H-pyrrole nitrogens is 1. The molecule has 0 bridgehead atoms. The van der Waals surface area contributed by atoms with Gasteiger partial charge in [-0.15, -0.1) is 0 Å². The molecule has 0 radical (unpaired) electrons. The Labute approximate surface area is 114 Å². The molecule has 1 aromatic carbocycles. The van der Waals surface area contributed by atoms with E-state index in [1.807, 2.05) is 6.92 Å². The van der Waals surface area contributed by atoms with Crippen molar-refractivity contribution in [3.63, 3.8) is 0 Å². The van der Waals surface area contributed by atoms with Crippen LogP contribution in [0.1, 0.15) is 27.6 Å². The first-order valence-corrected chi connectivity index (χ1v) is 6.18. The molecule has 0 unspecified atom stereocenters. The quantitative estimate of drug-likeness (QED) is 0.739. The number of amides is 1. The highest BCUT2D eigenvalue weighted by Gasteiger charge is 2.11. The van der Waals surface area contributed by atoms with E-state index in [9.17, 15) is 4.79 Å². The standard InChI is InChI=1S/C13H13N5O2/c1-7-4-8(5-9-6-15-17-11(7)9)2-3-10-16-13(12(14)19)18-20-10/h4-6H,2-3H2,1H3,(H2,14,19)(H,15,17). The molecule has 0 aliphatic heterocycles. The molecular formula is C13H13N5O2. The summed E-state index contributed by atoms with van der Waals surface area (Å²) in [7, 11) is 0. The van der Waals surface area contributed by atoms with Gasteiger partial charge in [-0.1, -0.05) is 11.2 Å². The molecule has 0 saturated heterocycles. The number of nitrogens with two attached hydrogens (primary N) is 1. The van der Waals surface area contributed by atoms with Crippen LogP contribution in [0.4, 0.5) is 0 Å². The second-order valence-corrected chi connectivity index (χ2v) is 4.62. The van der Waals surface area contributed by atoms with Gasteiger partial charge in [0.2, 0.25) is 5.89 Å². The van der Waals surface area contributed by atoms with E-state index in [0.717, 1.165) is 28.5 Å². The SMILES string of the molecule is Cc1cc(CCc2nc(C(N)=O)no2)cc2cn[nH]c12.